The third-order valence-electron chi connectivity index (χ3n) is 3.07. The molecular weight excluding hydrogens is 254 g/mol. The van der Waals surface area contributed by atoms with Crippen LogP contribution in [0.25, 0.3) is 0 Å². The Labute approximate surface area is 110 Å². The molecule has 0 aromatic carbocycles. The first-order valence-electron chi connectivity index (χ1n) is 6.15. The lowest BCUT2D eigenvalue weighted by molar-refractivity contribution is -0.140. The molecule has 1 fully saturated rings. The van der Waals surface area contributed by atoms with E-state index in [-0.39, 0.29) is 18.9 Å². The van der Waals surface area contributed by atoms with Gasteiger partial charge in [0, 0.05) is 25.6 Å². The zero-order valence-electron chi connectivity index (χ0n) is 10.5. The lowest BCUT2D eigenvalue weighted by Gasteiger charge is -2.31. The number of hydrogen-bond acceptors (Lipinski definition) is 4. The maximum absolute atomic E-state index is 11.8. The van der Waals surface area contributed by atoms with Gasteiger partial charge in [-0.05, 0) is 19.3 Å². The van der Waals surface area contributed by atoms with Crippen molar-refractivity contribution in [3.8, 4) is 0 Å². The van der Waals surface area contributed by atoms with Gasteiger partial charge in [0.2, 0.25) is 0 Å². The highest BCUT2D eigenvalue weighted by Gasteiger charge is 2.25. The minimum Gasteiger partial charge on any atom is -0.481 e. The number of carbonyl (C=O) groups excluding carboxylic acids is 1. The Hall–Kier alpha value is -1.83. The highest BCUT2D eigenvalue weighted by Crippen LogP contribution is 2.09. The largest absolute Gasteiger partial charge is 0.481 e. The van der Waals surface area contributed by atoms with Gasteiger partial charge in [-0.2, -0.15) is 0 Å². The molecule has 0 aromatic rings. The van der Waals surface area contributed by atoms with Gasteiger partial charge < -0.3 is 26.2 Å². The summed E-state index contributed by atoms with van der Waals surface area (Å²) in [5.41, 5.74) is 5.71. The number of carboxylic acid groups (broad SMARTS) is 2. The smallest absolute Gasteiger partial charge is 0.326 e. The predicted octanol–water partition coefficient (Wildman–Crippen LogP) is -0.563. The summed E-state index contributed by atoms with van der Waals surface area (Å²) in [5.74, 6) is -2.33. The number of likely N-dealkylation sites (tertiary alicyclic amines) is 1. The van der Waals surface area contributed by atoms with Crippen LogP contribution in [-0.2, 0) is 9.59 Å². The van der Waals surface area contributed by atoms with Crippen molar-refractivity contribution in [1.82, 2.24) is 10.2 Å². The van der Waals surface area contributed by atoms with Gasteiger partial charge in [0.1, 0.15) is 6.04 Å². The Morgan fingerprint density at radius 3 is 2.32 bits per heavy atom. The number of rotatable bonds is 5. The highest BCUT2D eigenvalue weighted by molar-refractivity contribution is 5.83. The molecule has 8 nitrogen and oxygen atoms in total. The molecule has 1 heterocycles. The SMILES string of the molecule is NC1CCN(C(=O)NC(CCC(=O)O)C(=O)O)CC1. The van der Waals surface area contributed by atoms with E-state index < -0.39 is 24.0 Å². The maximum atomic E-state index is 11.8. The highest BCUT2D eigenvalue weighted by atomic mass is 16.4. The number of amides is 2. The van der Waals surface area contributed by atoms with E-state index in [1.54, 1.807) is 0 Å². The molecule has 0 radical (unpaired) electrons. The summed E-state index contributed by atoms with van der Waals surface area (Å²) in [4.78, 5) is 34.7. The average molecular weight is 273 g/mol. The standard InChI is InChI=1S/C11H19N3O5/c12-7-3-5-14(6-4-7)11(19)13-8(10(17)18)1-2-9(15)16/h7-8H,1-6,12H2,(H,13,19)(H,15,16)(H,17,18). The van der Waals surface area contributed by atoms with Gasteiger partial charge in [-0.25, -0.2) is 9.59 Å². The van der Waals surface area contributed by atoms with Crippen molar-refractivity contribution in [2.75, 3.05) is 13.1 Å². The first-order chi connectivity index (χ1) is 8.90. The van der Waals surface area contributed by atoms with Crippen molar-refractivity contribution in [2.45, 2.75) is 37.8 Å². The molecule has 19 heavy (non-hydrogen) atoms. The van der Waals surface area contributed by atoms with Gasteiger partial charge in [0.15, 0.2) is 0 Å². The molecule has 108 valence electrons. The van der Waals surface area contributed by atoms with Crippen molar-refractivity contribution in [2.24, 2.45) is 5.73 Å². The predicted molar refractivity (Wildman–Crippen MR) is 65.6 cm³/mol. The van der Waals surface area contributed by atoms with E-state index in [4.69, 9.17) is 15.9 Å². The van der Waals surface area contributed by atoms with Crippen molar-refractivity contribution in [3.05, 3.63) is 0 Å². The molecular formula is C11H19N3O5. The van der Waals surface area contributed by atoms with E-state index in [0.29, 0.717) is 25.9 Å². The number of nitrogens with two attached hydrogens (primary N) is 1. The third-order valence-corrected chi connectivity index (χ3v) is 3.07. The van der Waals surface area contributed by atoms with Crippen molar-refractivity contribution < 1.29 is 24.6 Å². The Balaban J connectivity index is 2.46. The maximum Gasteiger partial charge on any atom is 0.326 e. The summed E-state index contributed by atoms with van der Waals surface area (Å²) >= 11 is 0. The zero-order chi connectivity index (χ0) is 14.4. The number of piperidine rings is 1. The molecule has 1 saturated heterocycles. The first kappa shape index (κ1) is 15.2. The Morgan fingerprint density at radius 1 is 1.26 bits per heavy atom. The van der Waals surface area contributed by atoms with Crippen LogP contribution in [0.4, 0.5) is 4.79 Å². The Morgan fingerprint density at radius 2 is 1.84 bits per heavy atom. The van der Waals surface area contributed by atoms with Crippen LogP contribution in [0, 0.1) is 0 Å². The lowest BCUT2D eigenvalue weighted by atomic mass is 10.1. The van der Waals surface area contributed by atoms with Gasteiger partial charge in [-0.3, -0.25) is 4.79 Å². The molecule has 1 unspecified atom stereocenters. The van der Waals surface area contributed by atoms with E-state index in [9.17, 15) is 14.4 Å². The number of nitrogens with zero attached hydrogens (tertiary/aromatic N) is 1. The molecule has 1 rings (SSSR count). The van der Waals surface area contributed by atoms with Gasteiger partial charge >= 0.3 is 18.0 Å². The van der Waals surface area contributed by atoms with Gasteiger partial charge in [-0.15, -0.1) is 0 Å². The quantitative estimate of drug-likeness (QED) is 0.530. The van der Waals surface area contributed by atoms with Crippen LogP contribution in [0.3, 0.4) is 0 Å². The van der Waals surface area contributed by atoms with Crippen LogP contribution >= 0.6 is 0 Å². The molecule has 8 heteroatoms. The topological polar surface area (TPSA) is 133 Å². The second-order valence-corrected chi connectivity index (χ2v) is 4.60. The van der Waals surface area contributed by atoms with Crippen molar-refractivity contribution >= 4 is 18.0 Å². The molecule has 1 aliphatic heterocycles. The van der Waals surface area contributed by atoms with Crippen LogP contribution < -0.4 is 11.1 Å². The normalized spacial score (nSPS) is 17.8. The molecule has 0 saturated carbocycles. The Kier molecular flexibility index (Phi) is 5.56. The van der Waals surface area contributed by atoms with E-state index in [2.05, 4.69) is 5.32 Å². The minimum atomic E-state index is -1.23. The molecule has 0 bridgehead atoms. The lowest BCUT2D eigenvalue weighted by Crippen LogP contribution is -2.51. The summed E-state index contributed by atoms with van der Waals surface area (Å²) in [7, 11) is 0. The minimum absolute atomic E-state index is 0.0753. The zero-order valence-corrected chi connectivity index (χ0v) is 10.5. The third kappa shape index (κ3) is 5.12. The van der Waals surface area contributed by atoms with Crippen LogP contribution in [0.5, 0.6) is 0 Å². The number of hydrogen-bond donors (Lipinski definition) is 4. The fraction of sp³-hybridized carbons (Fsp3) is 0.727. The van der Waals surface area contributed by atoms with Crippen LogP contribution in [0.2, 0.25) is 0 Å². The summed E-state index contributed by atoms with van der Waals surface area (Å²) in [5, 5.41) is 19.8. The number of carboxylic acids is 2. The number of nitrogens with one attached hydrogen (secondary N) is 1. The monoisotopic (exact) mass is 273 g/mol. The van der Waals surface area contributed by atoms with E-state index in [1.165, 1.54) is 4.90 Å². The number of carbonyl (C=O) groups is 3. The average Bonchev–Trinajstić information content (AvgIpc) is 2.34. The van der Waals surface area contributed by atoms with Crippen LogP contribution in [0.1, 0.15) is 25.7 Å². The van der Waals surface area contributed by atoms with Crippen LogP contribution in [0.15, 0.2) is 0 Å². The summed E-state index contributed by atoms with van der Waals surface area (Å²) in [6.45, 7) is 0.969. The van der Waals surface area contributed by atoms with Gasteiger partial charge in [-0.1, -0.05) is 0 Å². The summed E-state index contributed by atoms with van der Waals surface area (Å²) in [6, 6.07) is -1.59. The van der Waals surface area contributed by atoms with E-state index in [0.717, 1.165) is 0 Å². The number of urea groups is 1. The molecule has 5 N–H and O–H groups in total. The summed E-state index contributed by atoms with van der Waals surface area (Å²) in [6.07, 6.45) is 0.923. The molecule has 1 atom stereocenters. The second kappa shape index (κ2) is 6.93. The van der Waals surface area contributed by atoms with E-state index in [1.807, 2.05) is 0 Å². The van der Waals surface area contributed by atoms with Gasteiger partial charge in [0.05, 0.1) is 0 Å². The fourth-order valence-electron chi connectivity index (χ4n) is 1.87. The van der Waals surface area contributed by atoms with Gasteiger partial charge in [0.25, 0.3) is 0 Å². The number of aliphatic carboxylic acids is 2. The Bertz CT molecular complexity index is 352. The molecule has 0 spiro atoms. The van der Waals surface area contributed by atoms with Crippen molar-refractivity contribution in [1.29, 1.82) is 0 Å². The molecule has 0 aromatic heterocycles. The summed E-state index contributed by atoms with van der Waals surface area (Å²) < 4.78 is 0. The fourth-order valence-corrected chi connectivity index (χ4v) is 1.87. The molecule has 1 aliphatic rings. The van der Waals surface area contributed by atoms with Crippen molar-refractivity contribution in [3.63, 3.8) is 0 Å². The molecule has 2 amide bonds. The van der Waals surface area contributed by atoms with Crippen LogP contribution in [-0.4, -0.2) is 58.3 Å². The van der Waals surface area contributed by atoms with E-state index >= 15 is 0 Å². The first-order valence-corrected chi connectivity index (χ1v) is 6.15. The molecule has 0 aliphatic carbocycles. The second-order valence-electron chi connectivity index (χ2n) is 4.60.